The summed E-state index contributed by atoms with van der Waals surface area (Å²) in [6, 6.07) is 21.9. The van der Waals surface area contributed by atoms with Gasteiger partial charge < -0.3 is 44.3 Å². The summed E-state index contributed by atoms with van der Waals surface area (Å²) in [5, 5.41) is 41.4. The van der Waals surface area contributed by atoms with E-state index in [2.05, 4.69) is 5.32 Å². The first kappa shape index (κ1) is 44.9. The van der Waals surface area contributed by atoms with Crippen molar-refractivity contribution in [1.29, 1.82) is 0 Å². The summed E-state index contributed by atoms with van der Waals surface area (Å²) in [6.07, 6.45) is -8.42. The molecule has 8 rings (SSSR count). The number of amides is 1. The van der Waals surface area contributed by atoms with Crippen molar-refractivity contribution < 1.29 is 67.8 Å². The van der Waals surface area contributed by atoms with Gasteiger partial charge in [-0.05, 0) is 73.2 Å². The van der Waals surface area contributed by atoms with Crippen LogP contribution in [0.2, 0.25) is 0 Å². The molecule has 0 unspecified atom stereocenters. The van der Waals surface area contributed by atoms with E-state index >= 15 is 4.79 Å². The Morgan fingerprint density at radius 3 is 2.05 bits per heavy atom. The van der Waals surface area contributed by atoms with Gasteiger partial charge in [0.05, 0.1) is 35.6 Å². The molecule has 4 aliphatic carbocycles. The van der Waals surface area contributed by atoms with Crippen LogP contribution in [0.5, 0.6) is 0 Å². The molecule has 3 fully saturated rings. The van der Waals surface area contributed by atoms with Crippen molar-refractivity contribution in [3.05, 3.63) is 118 Å². The molecule has 15 heteroatoms. The SMILES string of the molecule is CC(=O)O[C@H]1C(=O)[C@@]2(C)[C@H]([C@H](OC(=O)c3ccccc3)[C@]3(O)C[C@H](OC(=O)[C@@]4(O)CCc5ccccc5[C@@H]4NC(=O)c4ccccc4)C(C)=C1C3(C)C)[C@]1(OC(C)=O)CO[C@@H]1C[C@@H]2O. The molecule has 15 nitrogen and oxygen atoms in total. The molecule has 1 amide bonds. The van der Waals surface area contributed by atoms with Gasteiger partial charge in [-0.25, -0.2) is 9.59 Å². The third kappa shape index (κ3) is 6.86. The molecule has 64 heavy (non-hydrogen) atoms. The van der Waals surface area contributed by atoms with Gasteiger partial charge in [-0.1, -0.05) is 74.5 Å². The molecular formula is C49H53NO14. The van der Waals surface area contributed by atoms with Crippen LogP contribution < -0.4 is 5.32 Å². The maximum Gasteiger partial charge on any atom is 0.341 e. The molecule has 11 atom stereocenters. The number of Topliss-reactive ketones (excluding diaryl/α,β-unsaturated/α-hetero) is 1. The number of aryl methyl sites for hydroxylation is 1. The van der Waals surface area contributed by atoms with Gasteiger partial charge in [0.15, 0.2) is 23.1 Å². The van der Waals surface area contributed by atoms with Crippen LogP contribution in [0.15, 0.2) is 96.1 Å². The Kier molecular flexibility index (Phi) is 11.2. The minimum absolute atomic E-state index is 0.00955. The van der Waals surface area contributed by atoms with E-state index in [0.29, 0.717) is 5.56 Å². The fourth-order valence-electron chi connectivity index (χ4n) is 11.2. The number of rotatable bonds is 8. The van der Waals surface area contributed by atoms with E-state index in [4.69, 9.17) is 23.7 Å². The summed E-state index contributed by atoms with van der Waals surface area (Å²) < 4.78 is 30.7. The third-order valence-corrected chi connectivity index (χ3v) is 14.7. The highest BCUT2D eigenvalue weighted by molar-refractivity contribution is 5.96. The van der Waals surface area contributed by atoms with Crippen LogP contribution in [0.3, 0.4) is 0 Å². The fraction of sp³-hybridized carbons (Fsp3) is 0.469. The molecule has 1 aliphatic heterocycles. The van der Waals surface area contributed by atoms with Crippen molar-refractivity contribution in [2.75, 3.05) is 6.61 Å². The average molecular weight is 880 g/mol. The number of aliphatic hydroxyl groups excluding tert-OH is 1. The maximum absolute atomic E-state index is 15.6. The predicted molar refractivity (Wildman–Crippen MR) is 225 cm³/mol. The monoisotopic (exact) mass is 879 g/mol. The lowest BCUT2D eigenvalue weighted by atomic mass is 9.44. The summed E-state index contributed by atoms with van der Waals surface area (Å²) in [5.41, 5.74) is -8.44. The highest BCUT2D eigenvalue weighted by atomic mass is 16.6. The molecule has 1 heterocycles. The van der Waals surface area contributed by atoms with Gasteiger partial charge in [-0.3, -0.25) is 19.2 Å². The Balaban J connectivity index is 1.30. The van der Waals surface area contributed by atoms with E-state index in [9.17, 15) is 39.3 Å². The number of ether oxygens (including phenoxy) is 5. The van der Waals surface area contributed by atoms with Crippen LogP contribution in [-0.2, 0) is 49.3 Å². The second-order valence-corrected chi connectivity index (χ2v) is 18.5. The summed E-state index contributed by atoms with van der Waals surface area (Å²) in [4.78, 5) is 84.7. The second kappa shape index (κ2) is 16.1. The highest BCUT2D eigenvalue weighted by Crippen LogP contribution is 2.64. The van der Waals surface area contributed by atoms with Crippen LogP contribution in [0, 0.1) is 16.7 Å². The van der Waals surface area contributed by atoms with Crippen molar-refractivity contribution in [2.45, 2.75) is 121 Å². The minimum Gasteiger partial charge on any atom is -0.456 e. The van der Waals surface area contributed by atoms with Gasteiger partial charge >= 0.3 is 23.9 Å². The van der Waals surface area contributed by atoms with Crippen molar-refractivity contribution in [2.24, 2.45) is 16.7 Å². The predicted octanol–water partition coefficient (Wildman–Crippen LogP) is 4.05. The number of fused-ring (bicyclic) bond motifs is 6. The summed E-state index contributed by atoms with van der Waals surface area (Å²) in [5.74, 6) is -6.72. The number of benzene rings is 3. The Bertz CT molecular complexity index is 2430. The Hall–Kier alpha value is -5.74. The van der Waals surface area contributed by atoms with E-state index in [0.717, 1.165) is 19.4 Å². The first-order valence-electron chi connectivity index (χ1n) is 21.5. The number of hydrogen-bond acceptors (Lipinski definition) is 14. The van der Waals surface area contributed by atoms with Gasteiger partial charge in [0.25, 0.3) is 5.91 Å². The number of hydrogen-bond donors (Lipinski definition) is 4. The number of carbonyl (C=O) groups excluding carboxylic acids is 6. The van der Waals surface area contributed by atoms with Crippen molar-refractivity contribution in [1.82, 2.24) is 5.32 Å². The molecule has 0 aromatic heterocycles. The topological polar surface area (TPSA) is 221 Å². The second-order valence-electron chi connectivity index (χ2n) is 18.5. The van der Waals surface area contributed by atoms with E-state index in [1.54, 1.807) is 81.4 Å². The lowest BCUT2D eigenvalue weighted by molar-refractivity contribution is -0.346. The van der Waals surface area contributed by atoms with Crippen LogP contribution in [-0.4, -0.2) is 105 Å². The molecule has 0 radical (unpaired) electrons. The van der Waals surface area contributed by atoms with Crippen molar-refractivity contribution in [3.8, 4) is 0 Å². The number of esters is 4. The first-order valence-corrected chi connectivity index (χ1v) is 21.5. The molecule has 0 spiro atoms. The van der Waals surface area contributed by atoms with Crippen molar-refractivity contribution in [3.63, 3.8) is 0 Å². The average Bonchev–Trinajstić information content (AvgIpc) is 3.26. The molecule has 2 bridgehead atoms. The summed E-state index contributed by atoms with van der Waals surface area (Å²) in [7, 11) is 0. The van der Waals surface area contributed by atoms with Crippen LogP contribution in [0.1, 0.15) is 98.7 Å². The van der Waals surface area contributed by atoms with E-state index in [1.165, 1.54) is 19.1 Å². The quantitative estimate of drug-likeness (QED) is 0.143. The van der Waals surface area contributed by atoms with Crippen LogP contribution in [0.4, 0.5) is 0 Å². The Morgan fingerprint density at radius 1 is 0.812 bits per heavy atom. The third-order valence-electron chi connectivity index (χ3n) is 14.7. The Labute approximate surface area is 370 Å². The number of nitrogens with one attached hydrogen (secondary N) is 1. The van der Waals surface area contributed by atoms with Crippen LogP contribution >= 0.6 is 0 Å². The zero-order valence-corrected chi connectivity index (χ0v) is 36.5. The van der Waals surface area contributed by atoms with Gasteiger partial charge in [-0.15, -0.1) is 0 Å². The van der Waals surface area contributed by atoms with E-state index in [-0.39, 0.29) is 48.1 Å². The van der Waals surface area contributed by atoms with Gasteiger partial charge in [0.1, 0.15) is 23.9 Å². The molecule has 3 aromatic rings. The highest BCUT2D eigenvalue weighted by Gasteiger charge is 2.78. The first-order chi connectivity index (χ1) is 30.2. The zero-order chi connectivity index (χ0) is 46.1. The zero-order valence-electron chi connectivity index (χ0n) is 36.5. The van der Waals surface area contributed by atoms with Crippen molar-refractivity contribution >= 4 is 35.6 Å². The largest absolute Gasteiger partial charge is 0.456 e. The maximum atomic E-state index is 15.6. The molecule has 3 aromatic carbocycles. The molecular weight excluding hydrogens is 827 g/mol. The molecule has 338 valence electrons. The van der Waals surface area contributed by atoms with Gasteiger partial charge in [-0.2, -0.15) is 0 Å². The normalized spacial score (nSPS) is 34.8. The number of carbonyl (C=O) groups is 6. The molecule has 5 aliphatic rings. The van der Waals surface area contributed by atoms with Crippen LogP contribution in [0.25, 0.3) is 0 Å². The molecule has 4 N–H and O–H groups in total. The standard InChI is InChI=1S/C49H53NO14/c1-26-33(62-44(57)47(58)22-21-29-15-13-14-20-32(29)39(47)50-42(55)30-16-9-7-10-17-30)24-49(59)41(63-43(56)31-18-11-8-12-19-31)38-46(6,34(53)23-35-48(38,25-60-35)64-28(3)52)40(54)37(61-27(2)51)36(26)45(49,4)5/h7-20,33-35,37-39,41,53,58-59H,21-25H2,1-6H3,(H,50,55)/t33-,34-,35+,37+,38-,39-,41-,46+,47+,48-,49+/m0/s1. The smallest absolute Gasteiger partial charge is 0.341 e. The molecule has 1 saturated heterocycles. The Morgan fingerprint density at radius 2 is 1.44 bits per heavy atom. The van der Waals surface area contributed by atoms with E-state index in [1.807, 2.05) is 12.1 Å². The molecule has 2 saturated carbocycles. The number of ketones is 1. The van der Waals surface area contributed by atoms with Gasteiger partial charge in [0.2, 0.25) is 0 Å². The minimum atomic E-state index is -2.39. The lowest BCUT2D eigenvalue weighted by Crippen LogP contribution is -2.82. The lowest BCUT2D eigenvalue weighted by Gasteiger charge is -2.67. The fourth-order valence-corrected chi connectivity index (χ4v) is 11.2. The summed E-state index contributed by atoms with van der Waals surface area (Å²) >= 11 is 0. The van der Waals surface area contributed by atoms with E-state index < -0.39 is 112 Å². The number of aliphatic hydroxyl groups is 3. The van der Waals surface area contributed by atoms with Gasteiger partial charge in [0, 0.05) is 37.7 Å². The summed E-state index contributed by atoms with van der Waals surface area (Å²) in [6.45, 7) is 8.06.